The monoisotopic (exact) mass is 369 g/mol. The van der Waals surface area contributed by atoms with Crippen LogP contribution in [0.15, 0.2) is 41.8 Å². The van der Waals surface area contributed by atoms with E-state index in [0.717, 1.165) is 18.0 Å². The second kappa shape index (κ2) is 7.01. The molecule has 3 amide bonds. The van der Waals surface area contributed by atoms with E-state index in [1.54, 1.807) is 24.3 Å². The van der Waals surface area contributed by atoms with Crippen LogP contribution in [-0.4, -0.2) is 71.7 Å². The number of piperazine rings is 1. The van der Waals surface area contributed by atoms with Crippen LogP contribution in [0.1, 0.15) is 30.4 Å². The molecule has 2 aromatic rings. The Balaban J connectivity index is 1.30. The third-order valence-corrected chi connectivity index (χ3v) is 5.77. The van der Waals surface area contributed by atoms with Gasteiger partial charge >= 0.3 is 0 Å². The second-order valence-corrected chi connectivity index (χ2v) is 7.37. The third kappa shape index (κ3) is 3.04. The fourth-order valence-electron chi connectivity index (χ4n) is 3.41. The maximum absolute atomic E-state index is 12.4. The van der Waals surface area contributed by atoms with Gasteiger partial charge in [-0.15, -0.1) is 11.3 Å². The maximum atomic E-state index is 12.4. The molecule has 7 heteroatoms. The van der Waals surface area contributed by atoms with E-state index in [-0.39, 0.29) is 17.7 Å². The zero-order chi connectivity index (χ0) is 18.1. The molecule has 0 aliphatic carbocycles. The van der Waals surface area contributed by atoms with Crippen molar-refractivity contribution in [2.75, 3.05) is 39.3 Å². The van der Waals surface area contributed by atoms with E-state index in [4.69, 9.17) is 0 Å². The summed E-state index contributed by atoms with van der Waals surface area (Å²) < 4.78 is 0. The average Bonchev–Trinajstić information content (AvgIpc) is 3.29. The topological polar surface area (TPSA) is 60.9 Å². The van der Waals surface area contributed by atoms with Crippen LogP contribution in [0.2, 0.25) is 0 Å². The summed E-state index contributed by atoms with van der Waals surface area (Å²) in [5, 5.41) is 1.91. The van der Waals surface area contributed by atoms with Crippen LogP contribution in [0.5, 0.6) is 0 Å². The summed E-state index contributed by atoms with van der Waals surface area (Å²) in [5.74, 6) is -0.339. The molecule has 3 heterocycles. The van der Waals surface area contributed by atoms with E-state index in [1.807, 2.05) is 22.4 Å². The Morgan fingerprint density at radius 3 is 2.12 bits per heavy atom. The van der Waals surface area contributed by atoms with Gasteiger partial charge in [-0.25, -0.2) is 0 Å². The van der Waals surface area contributed by atoms with E-state index < -0.39 is 0 Å². The second-order valence-electron chi connectivity index (χ2n) is 6.42. The standard InChI is InChI=1S/C19H19N3O3S/c23-17-14-4-1-2-5-15(14)18(24)22(17)12-9-20-7-10-21(11-8-20)19(25)16-6-3-13-26-16/h1-6,13H,7-12H2. The molecular weight excluding hydrogens is 350 g/mol. The molecule has 2 aliphatic heterocycles. The average molecular weight is 369 g/mol. The number of carbonyl (C=O) groups excluding carboxylic acids is 3. The summed E-state index contributed by atoms with van der Waals surface area (Å²) >= 11 is 1.46. The first-order chi connectivity index (χ1) is 12.6. The fraction of sp³-hybridized carbons (Fsp3) is 0.316. The normalized spacial score (nSPS) is 17.7. The first-order valence-electron chi connectivity index (χ1n) is 8.65. The molecule has 1 saturated heterocycles. The maximum Gasteiger partial charge on any atom is 0.264 e. The van der Waals surface area contributed by atoms with Crippen molar-refractivity contribution < 1.29 is 14.4 Å². The number of hydrogen-bond acceptors (Lipinski definition) is 5. The number of thiophene rings is 1. The molecule has 0 bridgehead atoms. The number of imide groups is 1. The van der Waals surface area contributed by atoms with Crippen LogP contribution in [0.25, 0.3) is 0 Å². The van der Waals surface area contributed by atoms with Gasteiger partial charge in [0.2, 0.25) is 0 Å². The van der Waals surface area contributed by atoms with Crippen molar-refractivity contribution in [2.45, 2.75) is 0 Å². The van der Waals surface area contributed by atoms with Gasteiger partial charge in [0.25, 0.3) is 17.7 Å². The molecule has 26 heavy (non-hydrogen) atoms. The van der Waals surface area contributed by atoms with E-state index >= 15 is 0 Å². The SMILES string of the molecule is O=C(c1cccs1)N1CCN(CCN2C(=O)c3ccccc3C2=O)CC1. The lowest BCUT2D eigenvalue weighted by atomic mass is 10.1. The molecule has 0 saturated carbocycles. The molecule has 6 nitrogen and oxygen atoms in total. The molecule has 1 aromatic carbocycles. The van der Waals surface area contributed by atoms with E-state index in [1.165, 1.54) is 16.2 Å². The Morgan fingerprint density at radius 2 is 1.54 bits per heavy atom. The summed E-state index contributed by atoms with van der Waals surface area (Å²) in [7, 11) is 0. The number of benzene rings is 1. The first-order valence-corrected chi connectivity index (χ1v) is 9.53. The summed E-state index contributed by atoms with van der Waals surface area (Å²) in [4.78, 5) is 43.3. The van der Waals surface area contributed by atoms with Gasteiger partial charge in [-0.1, -0.05) is 18.2 Å². The van der Waals surface area contributed by atoms with Crippen molar-refractivity contribution >= 4 is 29.1 Å². The van der Waals surface area contributed by atoms with Crippen LogP contribution in [0.3, 0.4) is 0 Å². The number of carbonyl (C=O) groups is 3. The third-order valence-electron chi connectivity index (χ3n) is 4.91. The molecule has 1 aromatic heterocycles. The van der Waals surface area contributed by atoms with Gasteiger partial charge in [0.05, 0.1) is 16.0 Å². The molecule has 1 fully saturated rings. The van der Waals surface area contributed by atoms with Gasteiger partial charge in [-0.05, 0) is 23.6 Å². The van der Waals surface area contributed by atoms with E-state index in [2.05, 4.69) is 4.90 Å². The van der Waals surface area contributed by atoms with Gasteiger partial charge in [-0.2, -0.15) is 0 Å². The Morgan fingerprint density at radius 1 is 0.885 bits per heavy atom. The van der Waals surface area contributed by atoms with Crippen molar-refractivity contribution in [3.8, 4) is 0 Å². The predicted molar refractivity (Wildman–Crippen MR) is 98.5 cm³/mol. The smallest absolute Gasteiger partial charge is 0.264 e. The highest BCUT2D eigenvalue weighted by Gasteiger charge is 2.35. The van der Waals surface area contributed by atoms with Crippen molar-refractivity contribution in [1.82, 2.24) is 14.7 Å². The molecule has 2 aliphatic rings. The van der Waals surface area contributed by atoms with Gasteiger partial charge < -0.3 is 4.90 Å². The van der Waals surface area contributed by atoms with Gasteiger partial charge in [0, 0.05) is 39.3 Å². The minimum atomic E-state index is -0.211. The quantitative estimate of drug-likeness (QED) is 0.771. The number of hydrogen-bond donors (Lipinski definition) is 0. The minimum absolute atomic E-state index is 0.0833. The zero-order valence-electron chi connectivity index (χ0n) is 14.3. The molecule has 0 N–H and O–H groups in total. The lowest BCUT2D eigenvalue weighted by Gasteiger charge is -2.35. The minimum Gasteiger partial charge on any atom is -0.335 e. The molecular formula is C19H19N3O3S. The lowest BCUT2D eigenvalue weighted by Crippen LogP contribution is -2.50. The Hall–Kier alpha value is -2.51. The Kier molecular flexibility index (Phi) is 4.57. The molecule has 0 radical (unpaired) electrons. The molecule has 4 rings (SSSR count). The van der Waals surface area contributed by atoms with Crippen LogP contribution >= 0.6 is 11.3 Å². The fourth-order valence-corrected chi connectivity index (χ4v) is 4.11. The highest BCUT2D eigenvalue weighted by molar-refractivity contribution is 7.12. The predicted octanol–water partition coefficient (Wildman–Crippen LogP) is 1.80. The first kappa shape index (κ1) is 16.9. The number of rotatable bonds is 4. The lowest BCUT2D eigenvalue weighted by molar-refractivity contribution is 0.0580. The molecule has 0 atom stereocenters. The summed E-state index contributed by atoms with van der Waals surface area (Å²) in [6.07, 6.45) is 0. The van der Waals surface area contributed by atoms with Crippen LogP contribution in [0.4, 0.5) is 0 Å². The van der Waals surface area contributed by atoms with E-state index in [0.29, 0.717) is 37.3 Å². The summed E-state index contributed by atoms with van der Waals surface area (Å²) in [5.41, 5.74) is 0.979. The number of nitrogens with zero attached hydrogens (tertiary/aromatic N) is 3. The molecule has 0 spiro atoms. The van der Waals surface area contributed by atoms with Gasteiger partial charge in [0.15, 0.2) is 0 Å². The van der Waals surface area contributed by atoms with Crippen LogP contribution < -0.4 is 0 Å². The Labute approximate surface area is 155 Å². The number of fused-ring (bicyclic) bond motifs is 1. The van der Waals surface area contributed by atoms with Crippen molar-refractivity contribution in [2.24, 2.45) is 0 Å². The summed E-state index contributed by atoms with van der Waals surface area (Å²) in [6.45, 7) is 3.84. The van der Waals surface area contributed by atoms with Crippen molar-refractivity contribution in [3.05, 3.63) is 57.8 Å². The van der Waals surface area contributed by atoms with Crippen molar-refractivity contribution in [1.29, 1.82) is 0 Å². The van der Waals surface area contributed by atoms with Gasteiger partial charge in [-0.3, -0.25) is 24.2 Å². The van der Waals surface area contributed by atoms with Crippen LogP contribution in [0, 0.1) is 0 Å². The van der Waals surface area contributed by atoms with E-state index in [9.17, 15) is 14.4 Å². The van der Waals surface area contributed by atoms with Gasteiger partial charge in [0.1, 0.15) is 0 Å². The molecule has 0 unspecified atom stereocenters. The summed E-state index contributed by atoms with van der Waals surface area (Å²) in [6, 6.07) is 10.7. The Bertz CT molecular complexity index is 806. The highest BCUT2D eigenvalue weighted by Crippen LogP contribution is 2.22. The number of amides is 3. The molecule has 134 valence electrons. The van der Waals surface area contributed by atoms with Crippen LogP contribution in [-0.2, 0) is 0 Å². The van der Waals surface area contributed by atoms with Crippen molar-refractivity contribution in [3.63, 3.8) is 0 Å². The zero-order valence-corrected chi connectivity index (χ0v) is 15.1. The highest BCUT2D eigenvalue weighted by atomic mass is 32.1. The largest absolute Gasteiger partial charge is 0.335 e.